The maximum Gasteiger partial charge on any atom is 0.225 e. The summed E-state index contributed by atoms with van der Waals surface area (Å²) in [6.45, 7) is 5.27. The summed E-state index contributed by atoms with van der Waals surface area (Å²) < 4.78 is 0. The Morgan fingerprint density at radius 3 is 2.91 bits per heavy atom. The van der Waals surface area contributed by atoms with Crippen molar-refractivity contribution in [2.24, 2.45) is 0 Å². The van der Waals surface area contributed by atoms with E-state index < -0.39 is 0 Å². The van der Waals surface area contributed by atoms with Gasteiger partial charge >= 0.3 is 0 Å². The molecule has 116 valence electrons. The number of likely N-dealkylation sites (tertiary alicyclic amines) is 1. The zero-order chi connectivity index (χ0) is 15.4. The Bertz CT molecular complexity index is 601. The van der Waals surface area contributed by atoms with Crippen LogP contribution in [0.5, 0.6) is 0 Å². The predicted octanol–water partition coefficient (Wildman–Crippen LogP) is 1.93. The van der Waals surface area contributed by atoms with E-state index in [1.165, 1.54) is 5.69 Å². The Kier molecular flexibility index (Phi) is 4.63. The third-order valence-corrected chi connectivity index (χ3v) is 4.30. The van der Waals surface area contributed by atoms with Gasteiger partial charge in [0.05, 0.1) is 0 Å². The van der Waals surface area contributed by atoms with Crippen LogP contribution in [0.2, 0.25) is 0 Å². The van der Waals surface area contributed by atoms with Crippen molar-refractivity contribution in [2.45, 2.75) is 25.8 Å². The molecule has 0 amide bonds. The maximum absolute atomic E-state index is 4.52. The van der Waals surface area contributed by atoms with E-state index in [9.17, 15) is 0 Å². The molecule has 1 saturated heterocycles. The molecule has 0 radical (unpaired) electrons. The fourth-order valence-electron chi connectivity index (χ4n) is 2.92. The minimum absolute atomic E-state index is 0.491. The van der Waals surface area contributed by atoms with Crippen molar-refractivity contribution in [3.63, 3.8) is 0 Å². The van der Waals surface area contributed by atoms with Crippen molar-refractivity contribution in [1.29, 1.82) is 0 Å². The van der Waals surface area contributed by atoms with Crippen molar-refractivity contribution >= 4 is 5.95 Å². The Balaban J connectivity index is 1.53. The molecule has 0 bridgehead atoms. The van der Waals surface area contributed by atoms with Crippen LogP contribution in [0.3, 0.4) is 0 Å². The van der Waals surface area contributed by atoms with Gasteiger partial charge in [-0.15, -0.1) is 0 Å². The average molecular weight is 297 g/mol. The second-order valence-electron chi connectivity index (χ2n) is 5.92. The second kappa shape index (κ2) is 6.83. The lowest BCUT2D eigenvalue weighted by Crippen LogP contribution is -2.36. The van der Waals surface area contributed by atoms with E-state index in [4.69, 9.17) is 0 Å². The van der Waals surface area contributed by atoms with E-state index >= 15 is 0 Å². The van der Waals surface area contributed by atoms with E-state index in [2.05, 4.69) is 43.9 Å². The molecule has 3 heterocycles. The van der Waals surface area contributed by atoms with Crippen molar-refractivity contribution in [3.8, 4) is 0 Å². The van der Waals surface area contributed by atoms with Gasteiger partial charge in [0, 0.05) is 62.9 Å². The zero-order valence-corrected chi connectivity index (χ0v) is 13.3. The Labute approximate surface area is 132 Å². The Hall–Kier alpha value is -2.01. The highest BCUT2D eigenvalue weighted by Crippen LogP contribution is 2.18. The van der Waals surface area contributed by atoms with Crippen molar-refractivity contribution < 1.29 is 0 Å². The summed E-state index contributed by atoms with van der Waals surface area (Å²) in [5, 5.41) is 0. The van der Waals surface area contributed by atoms with Gasteiger partial charge in [-0.25, -0.2) is 9.97 Å². The molecule has 0 aliphatic carbocycles. The third-order valence-electron chi connectivity index (χ3n) is 4.30. The number of hydrogen-bond acceptors (Lipinski definition) is 5. The van der Waals surface area contributed by atoms with Crippen LogP contribution in [0.15, 0.2) is 36.7 Å². The van der Waals surface area contributed by atoms with Crippen molar-refractivity contribution in [1.82, 2.24) is 19.9 Å². The molecular weight excluding hydrogens is 274 g/mol. The lowest BCUT2D eigenvalue weighted by molar-refractivity contribution is 0.336. The first-order valence-electron chi connectivity index (χ1n) is 7.87. The van der Waals surface area contributed by atoms with Gasteiger partial charge in [-0.05, 0) is 31.5 Å². The number of aryl methyl sites for hydroxylation is 1. The van der Waals surface area contributed by atoms with Crippen LogP contribution >= 0.6 is 0 Å². The van der Waals surface area contributed by atoms with E-state index in [0.717, 1.165) is 44.1 Å². The van der Waals surface area contributed by atoms with Gasteiger partial charge in [0.2, 0.25) is 5.95 Å². The third kappa shape index (κ3) is 3.60. The van der Waals surface area contributed by atoms with E-state index in [1.54, 1.807) is 0 Å². The lowest BCUT2D eigenvalue weighted by atomic mass is 10.2. The highest BCUT2D eigenvalue weighted by molar-refractivity contribution is 5.31. The number of aromatic nitrogens is 3. The number of rotatable bonds is 5. The van der Waals surface area contributed by atoms with Gasteiger partial charge in [0.15, 0.2) is 0 Å². The second-order valence-corrected chi connectivity index (χ2v) is 5.92. The van der Waals surface area contributed by atoms with Gasteiger partial charge in [-0.2, -0.15) is 0 Å². The van der Waals surface area contributed by atoms with Crippen LogP contribution in [0.4, 0.5) is 5.95 Å². The first-order valence-corrected chi connectivity index (χ1v) is 7.87. The van der Waals surface area contributed by atoms with E-state index in [1.807, 2.05) is 31.5 Å². The van der Waals surface area contributed by atoms with Gasteiger partial charge in [0.25, 0.3) is 0 Å². The summed E-state index contributed by atoms with van der Waals surface area (Å²) in [5.74, 6) is 0.830. The molecule has 2 aromatic rings. The molecule has 1 atom stereocenters. The topological polar surface area (TPSA) is 45.2 Å². The summed E-state index contributed by atoms with van der Waals surface area (Å²) >= 11 is 0. The largest absolute Gasteiger partial charge is 0.340 e. The van der Waals surface area contributed by atoms with Crippen LogP contribution < -0.4 is 4.90 Å². The van der Waals surface area contributed by atoms with Crippen molar-refractivity contribution in [3.05, 3.63) is 48.0 Å². The quantitative estimate of drug-likeness (QED) is 0.844. The van der Waals surface area contributed by atoms with Gasteiger partial charge in [0.1, 0.15) is 0 Å². The highest BCUT2D eigenvalue weighted by atomic mass is 15.3. The molecule has 1 aliphatic heterocycles. The fourth-order valence-corrected chi connectivity index (χ4v) is 2.92. The molecule has 5 heteroatoms. The summed E-state index contributed by atoms with van der Waals surface area (Å²) in [6.07, 6.45) is 5.88. The number of anilines is 1. The monoisotopic (exact) mass is 297 g/mol. The fraction of sp³-hybridized carbons (Fsp3) is 0.471. The summed E-state index contributed by atoms with van der Waals surface area (Å²) in [6, 6.07) is 8.54. The highest BCUT2D eigenvalue weighted by Gasteiger charge is 2.26. The molecule has 0 aromatic carbocycles. The maximum atomic E-state index is 4.52. The van der Waals surface area contributed by atoms with Crippen LogP contribution in [-0.2, 0) is 6.42 Å². The summed E-state index contributed by atoms with van der Waals surface area (Å²) in [4.78, 5) is 18.0. The Morgan fingerprint density at radius 1 is 1.23 bits per heavy atom. The Morgan fingerprint density at radius 2 is 2.14 bits per heavy atom. The number of likely N-dealkylation sites (N-methyl/N-ethyl adjacent to an activating group) is 1. The molecular formula is C17H23N5. The standard InChI is InChI=1S/C17H23N5/c1-14-6-10-19-17(20-14)21(2)16-8-12-22(13-16)11-7-15-5-3-4-9-18-15/h3-6,9-10,16H,7-8,11-13H2,1-2H3. The molecule has 3 rings (SSSR count). The molecule has 5 nitrogen and oxygen atoms in total. The normalized spacial score (nSPS) is 18.5. The molecule has 2 aromatic heterocycles. The zero-order valence-electron chi connectivity index (χ0n) is 13.3. The van der Waals surface area contributed by atoms with Gasteiger partial charge in [-0.1, -0.05) is 6.07 Å². The summed E-state index contributed by atoms with van der Waals surface area (Å²) in [7, 11) is 2.10. The molecule has 22 heavy (non-hydrogen) atoms. The van der Waals surface area contributed by atoms with E-state index in [-0.39, 0.29) is 0 Å². The van der Waals surface area contributed by atoms with Gasteiger partial charge in [-0.3, -0.25) is 4.98 Å². The smallest absolute Gasteiger partial charge is 0.225 e. The molecule has 0 N–H and O–H groups in total. The molecule has 1 fully saturated rings. The number of hydrogen-bond donors (Lipinski definition) is 0. The van der Waals surface area contributed by atoms with Crippen LogP contribution in [0.1, 0.15) is 17.8 Å². The first kappa shape index (κ1) is 14.9. The lowest BCUT2D eigenvalue weighted by Gasteiger charge is -2.25. The van der Waals surface area contributed by atoms with Crippen LogP contribution in [0.25, 0.3) is 0 Å². The summed E-state index contributed by atoms with van der Waals surface area (Å²) in [5.41, 5.74) is 2.18. The SMILES string of the molecule is Cc1ccnc(N(C)C2CCN(CCc3ccccn3)C2)n1. The molecule has 0 spiro atoms. The van der Waals surface area contributed by atoms with E-state index in [0.29, 0.717) is 6.04 Å². The van der Waals surface area contributed by atoms with Crippen molar-refractivity contribution in [2.75, 3.05) is 31.6 Å². The molecule has 1 aliphatic rings. The van der Waals surface area contributed by atoms with Gasteiger partial charge < -0.3 is 9.80 Å². The number of nitrogens with zero attached hydrogens (tertiary/aromatic N) is 5. The first-order chi connectivity index (χ1) is 10.7. The average Bonchev–Trinajstić information content (AvgIpc) is 3.02. The molecule has 1 unspecified atom stereocenters. The van der Waals surface area contributed by atoms with Crippen LogP contribution in [-0.4, -0.2) is 52.6 Å². The minimum atomic E-state index is 0.491. The minimum Gasteiger partial charge on any atom is -0.340 e. The predicted molar refractivity (Wildman–Crippen MR) is 88.0 cm³/mol. The number of pyridine rings is 1. The van der Waals surface area contributed by atoms with Crippen LogP contribution in [0, 0.1) is 6.92 Å². The molecule has 0 saturated carbocycles.